The first-order valence-corrected chi connectivity index (χ1v) is 8.39. The van der Waals surface area contributed by atoms with Gasteiger partial charge in [-0.25, -0.2) is 5.43 Å². The number of hydrazone groups is 1. The molecule has 1 aliphatic rings. The summed E-state index contributed by atoms with van der Waals surface area (Å²) in [5.41, 5.74) is 3.63. The molecule has 0 aliphatic heterocycles. The first kappa shape index (κ1) is 16.9. The molecule has 0 unspecified atom stereocenters. The number of benzene rings is 1. The van der Waals surface area contributed by atoms with Crippen LogP contribution in [-0.4, -0.2) is 21.6 Å². The van der Waals surface area contributed by atoms with Gasteiger partial charge < -0.3 is 4.57 Å². The Kier molecular flexibility index (Phi) is 5.23. The van der Waals surface area contributed by atoms with E-state index < -0.39 is 10.8 Å². The van der Waals surface area contributed by atoms with E-state index in [-0.39, 0.29) is 5.69 Å². The van der Waals surface area contributed by atoms with Gasteiger partial charge in [-0.05, 0) is 31.0 Å². The largest absolute Gasteiger partial charge is 0.351 e. The van der Waals surface area contributed by atoms with Crippen LogP contribution in [0.5, 0.6) is 0 Å². The maximum atomic E-state index is 12.0. The van der Waals surface area contributed by atoms with Crippen LogP contribution in [0.2, 0.25) is 0 Å². The van der Waals surface area contributed by atoms with Crippen molar-refractivity contribution >= 4 is 17.8 Å². The van der Waals surface area contributed by atoms with Crippen molar-refractivity contribution in [2.45, 2.75) is 38.1 Å². The average molecular weight is 340 g/mol. The van der Waals surface area contributed by atoms with E-state index in [4.69, 9.17) is 0 Å². The Bertz CT molecular complexity index is 774. The van der Waals surface area contributed by atoms with Crippen molar-refractivity contribution in [3.8, 4) is 0 Å². The van der Waals surface area contributed by atoms with E-state index in [9.17, 15) is 14.9 Å². The highest BCUT2D eigenvalue weighted by Gasteiger charge is 2.14. The lowest BCUT2D eigenvalue weighted by molar-refractivity contribution is -0.384. The van der Waals surface area contributed by atoms with Gasteiger partial charge in [0.1, 0.15) is 0 Å². The van der Waals surface area contributed by atoms with E-state index in [0.29, 0.717) is 11.6 Å². The lowest BCUT2D eigenvalue weighted by Crippen LogP contribution is -2.17. The predicted octanol–water partition coefficient (Wildman–Crippen LogP) is 3.67. The highest BCUT2D eigenvalue weighted by molar-refractivity contribution is 5.95. The molecule has 1 aromatic heterocycles. The number of carbonyl (C=O) groups is 1. The summed E-state index contributed by atoms with van der Waals surface area (Å²) in [5, 5.41) is 14.6. The Labute approximate surface area is 145 Å². The molecule has 0 atom stereocenters. The van der Waals surface area contributed by atoms with Crippen LogP contribution < -0.4 is 5.43 Å². The second kappa shape index (κ2) is 7.74. The lowest BCUT2D eigenvalue weighted by atomic mass is 9.95. The minimum absolute atomic E-state index is 0.0518. The molecule has 25 heavy (non-hydrogen) atoms. The standard InChI is InChI=1S/C18H20N4O3/c23-18(15-6-8-17(9-7-15)22(24)25)20-19-12-14-10-11-21(13-14)16-4-2-1-3-5-16/h6-13,16H,1-5H2,(H,20,23)/b19-12-. The number of rotatable bonds is 5. The minimum Gasteiger partial charge on any atom is -0.351 e. The van der Waals surface area contributed by atoms with Gasteiger partial charge in [-0.3, -0.25) is 14.9 Å². The number of amides is 1. The molecule has 0 radical (unpaired) electrons. The molecule has 1 aromatic carbocycles. The first-order chi connectivity index (χ1) is 12.1. The predicted molar refractivity (Wildman–Crippen MR) is 94.7 cm³/mol. The normalized spacial score (nSPS) is 15.4. The minimum atomic E-state index is -0.503. The molecular weight excluding hydrogens is 320 g/mol. The van der Waals surface area contributed by atoms with Crippen LogP contribution in [0.4, 0.5) is 5.69 Å². The summed E-state index contributed by atoms with van der Waals surface area (Å²) >= 11 is 0. The van der Waals surface area contributed by atoms with Gasteiger partial charge in [0.15, 0.2) is 0 Å². The van der Waals surface area contributed by atoms with E-state index in [1.165, 1.54) is 56.4 Å². The average Bonchev–Trinajstić information content (AvgIpc) is 3.11. The van der Waals surface area contributed by atoms with Crippen molar-refractivity contribution in [2.24, 2.45) is 5.10 Å². The number of hydrogen-bond acceptors (Lipinski definition) is 4. The van der Waals surface area contributed by atoms with E-state index in [1.807, 2.05) is 12.3 Å². The van der Waals surface area contributed by atoms with Gasteiger partial charge in [-0.2, -0.15) is 5.10 Å². The number of nitro groups is 1. The van der Waals surface area contributed by atoms with Crippen LogP contribution in [0.15, 0.2) is 47.8 Å². The molecule has 3 rings (SSSR count). The Morgan fingerprint density at radius 2 is 1.92 bits per heavy atom. The molecule has 1 N–H and O–H groups in total. The topological polar surface area (TPSA) is 89.5 Å². The Morgan fingerprint density at radius 3 is 2.60 bits per heavy atom. The molecule has 0 saturated heterocycles. The summed E-state index contributed by atoms with van der Waals surface area (Å²) in [7, 11) is 0. The molecule has 1 saturated carbocycles. The Hall–Kier alpha value is -2.96. The number of carbonyl (C=O) groups excluding carboxylic acids is 1. The second-order valence-electron chi connectivity index (χ2n) is 6.19. The Morgan fingerprint density at radius 1 is 1.20 bits per heavy atom. The molecule has 2 aromatic rings. The maximum absolute atomic E-state index is 12.0. The van der Waals surface area contributed by atoms with Crippen molar-refractivity contribution in [3.63, 3.8) is 0 Å². The van der Waals surface area contributed by atoms with Gasteiger partial charge in [0.2, 0.25) is 0 Å². The van der Waals surface area contributed by atoms with Gasteiger partial charge in [-0.15, -0.1) is 0 Å². The van der Waals surface area contributed by atoms with Gasteiger partial charge >= 0.3 is 0 Å². The second-order valence-corrected chi connectivity index (χ2v) is 6.19. The third kappa shape index (κ3) is 4.32. The molecular formula is C18H20N4O3. The monoisotopic (exact) mass is 340 g/mol. The summed E-state index contributed by atoms with van der Waals surface area (Å²) < 4.78 is 2.22. The van der Waals surface area contributed by atoms with E-state index in [1.54, 1.807) is 6.21 Å². The molecule has 1 fully saturated rings. The summed E-state index contributed by atoms with van der Waals surface area (Å²) in [6.07, 6.45) is 12.0. The van der Waals surface area contributed by atoms with Crippen molar-refractivity contribution in [2.75, 3.05) is 0 Å². The molecule has 7 nitrogen and oxygen atoms in total. The summed E-state index contributed by atoms with van der Waals surface area (Å²) in [6.45, 7) is 0. The third-order valence-corrected chi connectivity index (χ3v) is 4.45. The van der Waals surface area contributed by atoms with Crippen LogP contribution in [0, 0.1) is 10.1 Å². The number of aromatic nitrogens is 1. The molecule has 0 bridgehead atoms. The van der Waals surface area contributed by atoms with Gasteiger partial charge in [0.05, 0.1) is 11.1 Å². The molecule has 130 valence electrons. The number of nitrogens with zero attached hydrogens (tertiary/aromatic N) is 3. The fraction of sp³-hybridized carbons (Fsp3) is 0.333. The van der Waals surface area contributed by atoms with Gasteiger partial charge in [0, 0.05) is 41.7 Å². The van der Waals surface area contributed by atoms with Crippen molar-refractivity contribution in [3.05, 3.63) is 64.0 Å². The number of nitrogens with one attached hydrogen (secondary N) is 1. The van der Waals surface area contributed by atoms with Crippen molar-refractivity contribution < 1.29 is 9.72 Å². The fourth-order valence-corrected chi connectivity index (χ4v) is 3.08. The van der Waals surface area contributed by atoms with E-state index >= 15 is 0 Å². The molecule has 7 heteroatoms. The molecule has 1 heterocycles. The maximum Gasteiger partial charge on any atom is 0.271 e. The van der Waals surface area contributed by atoms with Crippen LogP contribution in [0.3, 0.4) is 0 Å². The SMILES string of the molecule is O=C(N/N=C\c1ccn(C2CCCCC2)c1)c1ccc([N+](=O)[O-])cc1. The quantitative estimate of drug-likeness (QED) is 0.511. The molecule has 1 aliphatic carbocycles. The van der Waals surface area contributed by atoms with Crippen LogP contribution >= 0.6 is 0 Å². The fourth-order valence-electron chi connectivity index (χ4n) is 3.08. The Balaban J connectivity index is 1.56. The summed E-state index contributed by atoms with van der Waals surface area (Å²) in [4.78, 5) is 22.1. The molecule has 0 spiro atoms. The van der Waals surface area contributed by atoms with Gasteiger partial charge in [-0.1, -0.05) is 19.3 Å². The zero-order chi connectivity index (χ0) is 17.6. The smallest absolute Gasteiger partial charge is 0.271 e. The summed E-state index contributed by atoms with van der Waals surface area (Å²) in [5.74, 6) is -0.405. The molecule has 1 amide bonds. The highest BCUT2D eigenvalue weighted by atomic mass is 16.6. The van der Waals surface area contributed by atoms with Crippen molar-refractivity contribution in [1.29, 1.82) is 0 Å². The first-order valence-electron chi connectivity index (χ1n) is 8.39. The number of non-ortho nitro benzene ring substituents is 1. The van der Waals surface area contributed by atoms with Crippen LogP contribution in [0.1, 0.15) is 54.1 Å². The number of hydrogen-bond donors (Lipinski definition) is 1. The summed E-state index contributed by atoms with van der Waals surface area (Å²) in [6, 6.07) is 7.93. The third-order valence-electron chi connectivity index (χ3n) is 4.45. The lowest BCUT2D eigenvalue weighted by Gasteiger charge is -2.23. The number of nitro benzene ring substituents is 1. The van der Waals surface area contributed by atoms with Crippen LogP contribution in [-0.2, 0) is 0 Å². The van der Waals surface area contributed by atoms with E-state index in [0.717, 1.165) is 5.56 Å². The van der Waals surface area contributed by atoms with Crippen molar-refractivity contribution in [1.82, 2.24) is 9.99 Å². The zero-order valence-electron chi connectivity index (χ0n) is 13.8. The highest BCUT2D eigenvalue weighted by Crippen LogP contribution is 2.28. The van der Waals surface area contributed by atoms with Gasteiger partial charge in [0.25, 0.3) is 11.6 Å². The zero-order valence-corrected chi connectivity index (χ0v) is 13.8. The van der Waals surface area contributed by atoms with E-state index in [2.05, 4.69) is 21.3 Å². The van der Waals surface area contributed by atoms with Crippen LogP contribution in [0.25, 0.3) is 0 Å².